The number of methoxy groups -OCH3 is 1. The van der Waals surface area contributed by atoms with Crippen LogP contribution < -0.4 is 0 Å². The maximum Gasteiger partial charge on any atom is 0.412 e. The summed E-state index contributed by atoms with van der Waals surface area (Å²) >= 11 is 0. The molecule has 1 rings (SSSR count). The number of esters is 1. The summed E-state index contributed by atoms with van der Waals surface area (Å²) in [6.45, 7) is 5.08. The van der Waals surface area contributed by atoms with E-state index in [1.165, 1.54) is 18.1 Å². The Morgan fingerprint density at radius 1 is 1.33 bits per heavy atom. The van der Waals surface area contributed by atoms with E-state index in [0.717, 1.165) is 12.3 Å². The molecule has 1 fully saturated rings. The molecule has 0 aromatic heterocycles. The summed E-state index contributed by atoms with van der Waals surface area (Å²) in [5, 5.41) is 0. The van der Waals surface area contributed by atoms with Gasteiger partial charge < -0.3 is 14.2 Å². The lowest BCUT2D eigenvalue weighted by molar-refractivity contribution is -0.134. The van der Waals surface area contributed by atoms with Crippen LogP contribution in [0.4, 0.5) is 4.79 Å². The number of carbonyl (C=O) groups is 2. The molecule has 24 heavy (non-hydrogen) atoms. The van der Waals surface area contributed by atoms with Crippen LogP contribution in [-0.4, -0.2) is 69.8 Å². The molecule has 2 atom stereocenters. The molecule has 0 spiro atoms. The van der Waals surface area contributed by atoms with E-state index in [9.17, 15) is 18.0 Å². The first-order valence-corrected chi connectivity index (χ1v) is 8.96. The van der Waals surface area contributed by atoms with Gasteiger partial charge in [0.25, 0.3) is 10.1 Å². The Morgan fingerprint density at radius 3 is 2.46 bits per heavy atom. The van der Waals surface area contributed by atoms with E-state index in [2.05, 4.69) is 4.74 Å². The molecule has 0 radical (unpaired) electrons. The lowest BCUT2D eigenvalue weighted by atomic mass is 10.1. The van der Waals surface area contributed by atoms with Crippen molar-refractivity contribution in [3.8, 4) is 0 Å². The van der Waals surface area contributed by atoms with E-state index in [0.29, 0.717) is 0 Å². The van der Waals surface area contributed by atoms with Crippen LogP contribution >= 0.6 is 0 Å². The number of hydrogen-bond donors (Lipinski definition) is 0. The Bertz CT molecular complexity index is 592. The first-order chi connectivity index (χ1) is 10.9. The Labute approximate surface area is 141 Å². The van der Waals surface area contributed by atoms with Crippen molar-refractivity contribution >= 4 is 22.2 Å². The summed E-state index contributed by atoms with van der Waals surface area (Å²) in [5.41, 5.74) is -0.723. The fraction of sp³-hybridized carbons (Fsp3) is 0.714. The van der Waals surface area contributed by atoms with Crippen LogP contribution in [0.2, 0.25) is 0 Å². The maximum atomic E-state index is 12.2. The molecule has 0 aromatic rings. The second kappa shape index (κ2) is 7.95. The lowest BCUT2D eigenvalue weighted by Gasteiger charge is -2.29. The molecule has 0 bridgehead atoms. The van der Waals surface area contributed by atoms with Gasteiger partial charge in [-0.25, -0.2) is 9.59 Å². The number of amides is 1. The van der Waals surface area contributed by atoms with Gasteiger partial charge in [-0.2, -0.15) is 8.42 Å². The number of carbonyl (C=O) groups excluding carboxylic acids is 2. The highest BCUT2D eigenvalue weighted by Crippen LogP contribution is 2.21. The number of nitrogens with zero attached hydrogens (tertiary/aromatic N) is 1. The third kappa shape index (κ3) is 6.85. The zero-order chi connectivity index (χ0) is 18.5. The normalized spacial score (nSPS) is 20.2. The highest BCUT2D eigenvalue weighted by molar-refractivity contribution is 7.86. The van der Waals surface area contributed by atoms with Gasteiger partial charge in [-0.15, -0.1) is 0 Å². The van der Waals surface area contributed by atoms with Gasteiger partial charge in [0.2, 0.25) is 0 Å². The molecule has 0 saturated carbocycles. The Kier molecular flexibility index (Phi) is 6.76. The molecular formula is C14H23NO8S. The quantitative estimate of drug-likeness (QED) is 0.397. The highest BCUT2D eigenvalue weighted by Gasteiger charge is 2.39. The molecule has 1 saturated heterocycles. The standard InChI is InChI=1S/C14H23NO8S/c1-14(2,3)22-13(17)15-9-21-8-10(15)11(23-24(5,18)19)6-7-12(16)20-4/h6-7,10-11H,8-9H2,1-5H3/b7-6+/t10-,11+/m0/s1. The van der Waals surface area contributed by atoms with Gasteiger partial charge in [-0.05, 0) is 26.8 Å². The summed E-state index contributed by atoms with van der Waals surface area (Å²) in [6, 6.07) is -0.768. The van der Waals surface area contributed by atoms with E-state index in [4.69, 9.17) is 13.7 Å². The molecule has 1 amide bonds. The van der Waals surface area contributed by atoms with Crippen LogP contribution in [0.1, 0.15) is 20.8 Å². The molecule has 0 aliphatic carbocycles. The van der Waals surface area contributed by atoms with Crippen LogP contribution in [0.25, 0.3) is 0 Å². The summed E-state index contributed by atoms with van der Waals surface area (Å²) in [7, 11) is -2.65. The van der Waals surface area contributed by atoms with Gasteiger partial charge in [0.1, 0.15) is 18.4 Å². The molecule has 0 unspecified atom stereocenters. The molecule has 138 valence electrons. The molecule has 1 aliphatic rings. The summed E-state index contributed by atoms with van der Waals surface area (Å²) in [6.07, 6.45) is 1.33. The monoisotopic (exact) mass is 365 g/mol. The van der Waals surface area contributed by atoms with Gasteiger partial charge in [-0.3, -0.25) is 9.08 Å². The van der Waals surface area contributed by atoms with Gasteiger partial charge in [0.05, 0.1) is 26.0 Å². The fourth-order valence-electron chi connectivity index (χ4n) is 1.91. The largest absolute Gasteiger partial charge is 0.466 e. The second-order valence-corrected chi connectivity index (χ2v) is 7.77. The maximum absolute atomic E-state index is 12.2. The minimum atomic E-state index is -3.84. The van der Waals surface area contributed by atoms with Crippen LogP contribution in [0.5, 0.6) is 0 Å². The number of hydrogen-bond acceptors (Lipinski definition) is 8. The molecule has 1 heterocycles. The minimum Gasteiger partial charge on any atom is -0.466 e. The first kappa shape index (κ1) is 20.4. The number of ether oxygens (including phenoxy) is 3. The van der Waals surface area contributed by atoms with E-state index in [1.54, 1.807) is 20.8 Å². The fourth-order valence-corrected chi connectivity index (χ4v) is 2.50. The molecular weight excluding hydrogens is 342 g/mol. The van der Waals surface area contributed by atoms with Crippen molar-refractivity contribution in [2.24, 2.45) is 0 Å². The number of rotatable bonds is 5. The van der Waals surface area contributed by atoms with E-state index >= 15 is 0 Å². The van der Waals surface area contributed by atoms with Crippen LogP contribution in [0, 0.1) is 0 Å². The average molecular weight is 365 g/mol. The lowest BCUT2D eigenvalue weighted by Crippen LogP contribution is -2.47. The van der Waals surface area contributed by atoms with Crippen molar-refractivity contribution in [2.45, 2.75) is 38.5 Å². The SMILES string of the molecule is COC(=O)/C=C/[C@@H](OS(C)(=O)=O)[C@@H]1COCN1C(=O)OC(C)(C)C. The highest BCUT2D eigenvalue weighted by atomic mass is 32.2. The third-order valence-corrected chi connectivity index (χ3v) is 3.41. The second-order valence-electron chi connectivity index (χ2n) is 6.16. The molecule has 10 heteroatoms. The summed E-state index contributed by atoms with van der Waals surface area (Å²) in [5.74, 6) is -0.681. The summed E-state index contributed by atoms with van der Waals surface area (Å²) < 4.78 is 42.9. The topological polar surface area (TPSA) is 108 Å². The van der Waals surface area contributed by atoms with Crippen molar-refractivity contribution in [3.63, 3.8) is 0 Å². The molecule has 9 nitrogen and oxygen atoms in total. The Balaban J connectivity index is 2.99. The molecule has 0 aromatic carbocycles. The average Bonchev–Trinajstić information content (AvgIpc) is 2.89. The van der Waals surface area contributed by atoms with Gasteiger partial charge in [-0.1, -0.05) is 0 Å². The minimum absolute atomic E-state index is 0.0327. The van der Waals surface area contributed by atoms with Crippen molar-refractivity contribution < 1.29 is 36.4 Å². The Hall–Kier alpha value is -1.65. The van der Waals surface area contributed by atoms with Crippen molar-refractivity contribution in [2.75, 3.05) is 26.7 Å². The van der Waals surface area contributed by atoms with E-state index in [1.807, 2.05) is 0 Å². The Morgan fingerprint density at radius 2 is 1.96 bits per heavy atom. The predicted molar refractivity (Wildman–Crippen MR) is 83.6 cm³/mol. The van der Waals surface area contributed by atoms with Crippen molar-refractivity contribution in [1.29, 1.82) is 0 Å². The van der Waals surface area contributed by atoms with E-state index in [-0.39, 0.29) is 13.3 Å². The smallest absolute Gasteiger partial charge is 0.412 e. The zero-order valence-electron chi connectivity index (χ0n) is 14.3. The van der Waals surface area contributed by atoms with Crippen LogP contribution in [0.15, 0.2) is 12.2 Å². The molecule has 0 N–H and O–H groups in total. The first-order valence-electron chi connectivity index (χ1n) is 7.15. The van der Waals surface area contributed by atoms with E-state index < -0.39 is 39.9 Å². The van der Waals surface area contributed by atoms with Gasteiger partial charge in [0, 0.05) is 6.08 Å². The van der Waals surface area contributed by atoms with Crippen LogP contribution in [-0.2, 0) is 33.3 Å². The van der Waals surface area contributed by atoms with Gasteiger partial charge >= 0.3 is 12.1 Å². The zero-order valence-corrected chi connectivity index (χ0v) is 15.2. The molecule has 1 aliphatic heterocycles. The third-order valence-electron chi connectivity index (χ3n) is 2.84. The predicted octanol–water partition coefficient (Wildman–Crippen LogP) is 0.654. The van der Waals surface area contributed by atoms with Gasteiger partial charge in [0.15, 0.2) is 0 Å². The van der Waals surface area contributed by atoms with Crippen LogP contribution in [0.3, 0.4) is 0 Å². The van der Waals surface area contributed by atoms with Crippen molar-refractivity contribution in [3.05, 3.63) is 12.2 Å². The van der Waals surface area contributed by atoms with Crippen molar-refractivity contribution in [1.82, 2.24) is 4.90 Å². The summed E-state index contributed by atoms with van der Waals surface area (Å²) in [4.78, 5) is 24.7.